The van der Waals surface area contributed by atoms with E-state index in [0.717, 1.165) is 95.9 Å². The van der Waals surface area contributed by atoms with Crippen molar-refractivity contribution in [2.45, 2.75) is 139 Å². The zero-order valence-electron chi connectivity index (χ0n) is 48.8. The van der Waals surface area contributed by atoms with Crippen LogP contribution >= 0.6 is 0 Å². The number of amides is 4. The Morgan fingerprint density at radius 3 is 2.39 bits per heavy atom. The number of rotatable bonds is 11. The number of likely N-dealkylation sites (tertiary alicyclic amines) is 2. The summed E-state index contributed by atoms with van der Waals surface area (Å²) in [6.45, 7) is 11.9. The highest BCUT2D eigenvalue weighted by atomic mass is 19.1. The first-order chi connectivity index (χ1) is 40.9. The minimum Gasteiger partial charge on any atom is -0.461 e. The van der Waals surface area contributed by atoms with E-state index in [9.17, 15) is 24.0 Å². The number of ether oxygens (including phenoxy) is 3. The number of benzene rings is 3. The van der Waals surface area contributed by atoms with Gasteiger partial charge in [0.1, 0.15) is 47.7 Å². The maximum Gasteiger partial charge on any atom is 0.410 e. The van der Waals surface area contributed by atoms with Crippen molar-refractivity contribution in [2.24, 2.45) is 13.0 Å². The standard InChI is InChI=1S/C64H73F2N11O8/c1-6-45-48(65)15-11-40-9-7-10-46(53(40)45)55-54(66)56-47(32-67-55)57(74-34-42-13-14-43(35-74)76(42)62(82)85-63(2,3)4)70-59(69-56)84-37-64-24-8-26-75(64)44(19-25-64)36-83-61(81)73-29-20-38(21-30-73)33-72-27-22-39(23-28-72)41-12-16-49-51(31-41)71(5)60(80)77(49)50-17-18-52(78)68-58(50)79/h1,7,9-12,15-16,31-32,38-39,42-44,50H,8,13-14,17-30,33-37H2,2-5H3,(H,68,78,79)/t42?,43?,44-,50?,64-/m0/s1. The Morgan fingerprint density at radius 1 is 0.871 bits per heavy atom. The molecule has 7 aliphatic rings. The number of nitrogens with one attached hydrogen (secondary N) is 1. The van der Waals surface area contributed by atoms with E-state index in [-0.39, 0.29) is 89.9 Å². The molecule has 446 valence electrons. The van der Waals surface area contributed by atoms with Gasteiger partial charge in [-0.3, -0.25) is 38.8 Å². The van der Waals surface area contributed by atoms with Crippen LogP contribution in [0.1, 0.15) is 121 Å². The number of carbonyl (C=O) groups is 4. The third-order valence-electron chi connectivity index (χ3n) is 19.4. The van der Waals surface area contributed by atoms with Crippen LogP contribution in [0.25, 0.3) is 44.0 Å². The van der Waals surface area contributed by atoms with Crippen LogP contribution in [0.15, 0.2) is 59.5 Å². The van der Waals surface area contributed by atoms with E-state index in [1.54, 1.807) is 42.1 Å². The number of anilines is 1. The van der Waals surface area contributed by atoms with E-state index in [2.05, 4.69) is 43.1 Å². The van der Waals surface area contributed by atoms with E-state index >= 15 is 8.78 Å². The van der Waals surface area contributed by atoms with Crippen LogP contribution in [0, 0.1) is 29.9 Å². The van der Waals surface area contributed by atoms with Gasteiger partial charge in [0.2, 0.25) is 11.8 Å². The first-order valence-electron chi connectivity index (χ1n) is 30.3. The van der Waals surface area contributed by atoms with Crippen LogP contribution in [0.5, 0.6) is 6.01 Å². The van der Waals surface area contributed by atoms with Crippen molar-refractivity contribution < 1.29 is 42.2 Å². The number of hydrogen-bond donors (Lipinski definition) is 1. The molecule has 1 N–H and O–H groups in total. The molecule has 13 rings (SSSR count). The van der Waals surface area contributed by atoms with Crippen LogP contribution in [0.2, 0.25) is 0 Å². The molecular weight excluding hydrogens is 1090 g/mol. The Bertz CT molecular complexity index is 3750. The molecule has 10 heterocycles. The number of aromatic nitrogens is 5. The van der Waals surface area contributed by atoms with Crippen molar-refractivity contribution in [3.8, 4) is 29.6 Å². The van der Waals surface area contributed by atoms with Gasteiger partial charge in [0.05, 0.1) is 39.6 Å². The van der Waals surface area contributed by atoms with Gasteiger partial charge in [-0.1, -0.05) is 36.3 Å². The number of imide groups is 1. The number of imidazole rings is 1. The van der Waals surface area contributed by atoms with E-state index in [4.69, 9.17) is 30.6 Å². The molecule has 0 aliphatic carbocycles. The first-order valence-corrected chi connectivity index (χ1v) is 30.3. The van der Waals surface area contributed by atoms with Crippen molar-refractivity contribution in [2.75, 3.05) is 70.5 Å². The molecule has 19 nitrogen and oxygen atoms in total. The lowest BCUT2D eigenvalue weighted by atomic mass is 9.88. The van der Waals surface area contributed by atoms with Gasteiger partial charge in [0.15, 0.2) is 5.82 Å². The predicted octanol–water partition coefficient (Wildman–Crippen LogP) is 8.43. The van der Waals surface area contributed by atoms with E-state index in [1.165, 1.54) is 16.2 Å². The second-order valence-electron chi connectivity index (χ2n) is 25.7. The predicted molar refractivity (Wildman–Crippen MR) is 315 cm³/mol. The van der Waals surface area contributed by atoms with Crippen molar-refractivity contribution in [3.05, 3.63) is 88.0 Å². The highest BCUT2D eigenvalue weighted by Crippen LogP contribution is 2.44. The number of piperidine rings is 3. The van der Waals surface area contributed by atoms with Gasteiger partial charge in [-0.15, -0.1) is 6.42 Å². The Morgan fingerprint density at radius 2 is 1.65 bits per heavy atom. The van der Waals surface area contributed by atoms with Crippen LogP contribution in [0.4, 0.5) is 24.2 Å². The summed E-state index contributed by atoms with van der Waals surface area (Å²) in [6.07, 6.45) is 16.0. The summed E-state index contributed by atoms with van der Waals surface area (Å²) in [5.74, 6) is 1.65. The molecule has 7 fully saturated rings. The highest BCUT2D eigenvalue weighted by Gasteiger charge is 2.51. The number of aryl methyl sites for hydroxylation is 1. The number of nitrogens with zero attached hydrogens (tertiary/aromatic N) is 10. The van der Waals surface area contributed by atoms with Crippen molar-refractivity contribution in [1.29, 1.82) is 0 Å². The summed E-state index contributed by atoms with van der Waals surface area (Å²) < 4.78 is 54.4. The molecule has 4 amide bonds. The number of pyridine rings is 1. The first kappa shape index (κ1) is 56.4. The molecule has 6 aromatic rings. The van der Waals surface area contributed by atoms with Crippen molar-refractivity contribution in [1.82, 2.24) is 49.0 Å². The number of terminal acetylenes is 1. The molecule has 21 heteroatoms. The second-order valence-corrected chi connectivity index (χ2v) is 25.7. The van der Waals surface area contributed by atoms with Crippen molar-refractivity contribution in [3.63, 3.8) is 0 Å². The largest absolute Gasteiger partial charge is 0.461 e. The van der Waals surface area contributed by atoms with Crippen LogP contribution in [-0.2, 0) is 26.1 Å². The minimum absolute atomic E-state index is 0.00223. The molecule has 0 spiro atoms. The smallest absolute Gasteiger partial charge is 0.410 e. The summed E-state index contributed by atoms with van der Waals surface area (Å²) >= 11 is 0. The van der Waals surface area contributed by atoms with Crippen LogP contribution in [-0.4, -0.2) is 163 Å². The van der Waals surface area contributed by atoms with E-state index in [1.807, 2.05) is 36.6 Å². The topological polar surface area (TPSA) is 190 Å². The molecule has 7 aliphatic heterocycles. The maximum absolute atomic E-state index is 17.5. The molecule has 85 heavy (non-hydrogen) atoms. The Labute approximate surface area is 491 Å². The maximum atomic E-state index is 17.5. The third-order valence-corrected chi connectivity index (χ3v) is 19.4. The number of halogens is 2. The summed E-state index contributed by atoms with van der Waals surface area (Å²) in [7, 11) is 1.73. The average molecular weight is 1160 g/mol. The fourth-order valence-electron chi connectivity index (χ4n) is 15.1. The molecule has 5 atom stereocenters. The lowest BCUT2D eigenvalue weighted by Gasteiger charge is -2.42. The molecular formula is C64H73F2N11O8. The Hall–Kier alpha value is -7.70. The summed E-state index contributed by atoms with van der Waals surface area (Å²) in [5.41, 5.74) is 1.67. The van der Waals surface area contributed by atoms with Gasteiger partial charge in [-0.25, -0.2) is 23.2 Å². The molecule has 0 radical (unpaired) electrons. The fourth-order valence-corrected chi connectivity index (χ4v) is 15.1. The van der Waals surface area contributed by atoms with E-state index < -0.39 is 29.2 Å². The molecule has 7 saturated heterocycles. The number of carbonyl (C=O) groups excluding carboxylic acids is 4. The number of fused-ring (bicyclic) bond motifs is 6. The molecule has 0 saturated carbocycles. The van der Waals surface area contributed by atoms with Gasteiger partial charge in [-0.05, 0) is 152 Å². The zero-order valence-corrected chi connectivity index (χ0v) is 48.8. The van der Waals surface area contributed by atoms with Gasteiger partial charge in [0, 0.05) is 69.4 Å². The molecule has 3 aromatic heterocycles. The lowest BCUT2D eigenvalue weighted by Crippen LogP contribution is -2.57. The number of piperazine rings is 1. The van der Waals surface area contributed by atoms with E-state index in [0.29, 0.717) is 77.5 Å². The highest BCUT2D eigenvalue weighted by molar-refractivity contribution is 6.02. The minimum atomic E-state index is -0.725. The average Bonchev–Trinajstić information content (AvgIpc) is 2.23. The molecule has 3 aromatic carbocycles. The Balaban J connectivity index is 0.643. The summed E-state index contributed by atoms with van der Waals surface area (Å²) in [5, 5.41) is 3.76. The fraction of sp³-hybridized carbons (Fsp3) is 0.531. The Kier molecular flexibility index (Phi) is 14.8. The zero-order chi connectivity index (χ0) is 59.1. The molecule has 2 bridgehead atoms. The quantitative estimate of drug-likeness (QED) is 0.0961. The van der Waals surface area contributed by atoms with Crippen LogP contribution in [0.3, 0.4) is 0 Å². The summed E-state index contributed by atoms with van der Waals surface area (Å²) in [6, 6.07) is 13.2. The lowest BCUT2D eigenvalue weighted by molar-refractivity contribution is -0.135. The van der Waals surface area contributed by atoms with Gasteiger partial charge >= 0.3 is 23.9 Å². The number of hydrogen-bond acceptors (Lipinski definition) is 14. The monoisotopic (exact) mass is 1160 g/mol. The van der Waals surface area contributed by atoms with Gasteiger partial charge in [0.25, 0.3) is 0 Å². The SMILES string of the molecule is C#Cc1c(F)ccc2cccc(-c3ncc4c(N5CC6CCC(C5)N6C(=O)OC(C)(C)C)nc(OC[C@@]56CCCN5[C@H](COC(=O)N5CCC(CN7CCC(c8ccc9c(c8)n(C)c(=O)n9C8CCC(=O)NC8=O)CC7)CC5)CC6)nc4c3F)c12. The second kappa shape index (κ2) is 22.3. The van der Waals surface area contributed by atoms with Crippen molar-refractivity contribution >= 4 is 62.5 Å². The normalized spacial score (nSPS) is 24.4. The van der Waals surface area contributed by atoms with Gasteiger partial charge in [-0.2, -0.15) is 9.97 Å². The van der Waals surface area contributed by atoms with Gasteiger partial charge < -0.3 is 28.9 Å². The molecule has 3 unspecified atom stereocenters. The summed E-state index contributed by atoms with van der Waals surface area (Å²) in [4.78, 5) is 90.3. The van der Waals surface area contributed by atoms with Crippen LogP contribution < -0.4 is 20.6 Å². The third kappa shape index (κ3) is 10.5.